The van der Waals surface area contributed by atoms with E-state index in [0.717, 1.165) is 37.9 Å². The van der Waals surface area contributed by atoms with Gasteiger partial charge in [0.2, 0.25) is 0 Å². The maximum Gasteiger partial charge on any atom is 0.268 e. The van der Waals surface area contributed by atoms with Crippen molar-refractivity contribution in [2.75, 3.05) is 26.3 Å². The molecule has 0 spiro atoms. The standard InChI is InChI=1S/C9H13N3O2S/c10-9(13)7-6-15-8(11-7)5-12-1-3-14-4-2-12/h6H,1-5H2,(H2,10,13). The molecule has 1 aromatic rings. The molecule has 1 fully saturated rings. The van der Waals surface area contributed by atoms with Crippen LogP contribution in [0.1, 0.15) is 15.5 Å². The van der Waals surface area contributed by atoms with E-state index in [9.17, 15) is 4.79 Å². The third kappa shape index (κ3) is 2.74. The van der Waals surface area contributed by atoms with Crippen LogP contribution in [0.3, 0.4) is 0 Å². The van der Waals surface area contributed by atoms with Crippen molar-refractivity contribution >= 4 is 17.2 Å². The average Bonchev–Trinajstić information content (AvgIpc) is 2.68. The van der Waals surface area contributed by atoms with Gasteiger partial charge in [0.15, 0.2) is 0 Å². The Balaban J connectivity index is 1.94. The minimum absolute atomic E-state index is 0.364. The maximum absolute atomic E-state index is 10.8. The Kier molecular flexibility index (Phi) is 3.30. The largest absolute Gasteiger partial charge is 0.379 e. The zero-order valence-corrected chi connectivity index (χ0v) is 9.13. The van der Waals surface area contributed by atoms with Crippen LogP contribution < -0.4 is 5.73 Å². The van der Waals surface area contributed by atoms with Gasteiger partial charge < -0.3 is 10.5 Å². The lowest BCUT2D eigenvalue weighted by molar-refractivity contribution is 0.0341. The molecule has 82 valence electrons. The molecule has 0 bridgehead atoms. The van der Waals surface area contributed by atoms with Gasteiger partial charge in [0.05, 0.1) is 19.8 Å². The Hall–Kier alpha value is -0.980. The summed E-state index contributed by atoms with van der Waals surface area (Å²) in [6.45, 7) is 4.17. The van der Waals surface area contributed by atoms with E-state index in [1.54, 1.807) is 5.38 Å². The first-order chi connectivity index (χ1) is 7.25. The first kappa shape index (κ1) is 10.5. The van der Waals surface area contributed by atoms with Crippen molar-refractivity contribution in [3.05, 3.63) is 16.1 Å². The average molecular weight is 227 g/mol. The second-order valence-electron chi connectivity index (χ2n) is 3.38. The quantitative estimate of drug-likeness (QED) is 0.793. The zero-order valence-electron chi connectivity index (χ0n) is 8.31. The predicted molar refractivity (Wildman–Crippen MR) is 56.7 cm³/mol. The van der Waals surface area contributed by atoms with Crippen LogP contribution in [0.4, 0.5) is 0 Å². The number of aromatic nitrogens is 1. The number of nitrogens with zero attached hydrogens (tertiary/aromatic N) is 2. The fraction of sp³-hybridized carbons (Fsp3) is 0.556. The van der Waals surface area contributed by atoms with Crippen LogP contribution >= 0.6 is 11.3 Å². The fourth-order valence-electron chi connectivity index (χ4n) is 1.45. The lowest BCUT2D eigenvalue weighted by Crippen LogP contribution is -2.35. The highest BCUT2D eigenvalue weighted by Gasteiger charge is 2.13. The molecule has 1 saturated heterocycles. The summed E-state index contributed by atoms with van der Waals surface area (Å²) < 4.78 is 5.25. The zero-order chi connectivity index (χ0) is 10.7. The minimum atomic E-state index is -0.459. The number of amides is 1. The highest BCUT2D eigenvalue weighted by atomic mass is 32.1. The number of carbonyl (C=O) groups is 1. The third-order valence-electron chi connectivity index (χ3n) is 2.27. The molecule has 0 saturated carbocycles. The first-order valence-corrected chi connectivity index (χ1v) is 5.68. The Morgan fingerprint density at radius 3 is 2.93 bits per heavy atom. The number of nitrogens with two attached hydrogens (primary N) is 1. The van der Waals surface area contributed by atoms with Crippen LogP contribution in [0.5, 0.6) is 0 Å². The van der Waals surface area contributed by atoms with Gasteiger partial charge in [-0.1, -0.05) is 0 Å². The molecule has 0 aromatic carbocycles. The van der Waals surface area contributed by atoms with Crippen molar-refractivity contribution < 1.29 is 9.53 Å². The highest BCUT2D eigenvalue weighted by molar-refractivity contribution is 7.09. The molecule has 1 aliphatic heterocycles. The van der Waals surface area contributed by atoms with Gasteiger partial charge >= 0.3 is 0 Å². The molecule has 0 atom stereocenters. The van der Waals surface area contributed by atoms with Gasteiger partial charge in [0.25, 0.3) is 5.91 Å². The van der Waals surface area contributed by atoms with Crippen molar-refractivity contribution in [1.29, 1.82) is 0 Å². The lowest BCUT2D eigenvalue weighted by Gasteiger charge is -2.25. The Bertz CT molecular complexity index is 347. The van der Waals surface area contributed by atoms with Crippen LogP contribution in [-0.2, 0) is 11.3 Å². The second-order valence-corrected chi connectivity index (χ2v) is 4.32. The number of primary amides is 1. The molecule has 1 aromatic heterocycles. The molecular formula is C9H13N3O2S. The smallest absolute Gasteiger partial charge is 0.268 e. The molecule has 6 heteroatoms. The van der Waals surface area contributed by atoms with Crippen LogP contribution in [0.15, 0.2) is 5.38 Å². The van der Waals surface area contributed by atoms with E-state index in [0.29, 0.717) is 5.69 Å². The number of carbonyl (C=O) groups excluding carboxylic acids is 1. The number of thiazole rings is 1. The first-order valence-electron chi connectivity index (χ1n) is 4.80. The summed E-state index contributed by atoms with van der Waals surface area (Å²) in [5, 5.41) is 2.64. The summed E-state index contributed by atoms with van der Waals surface area (Å²) in [6.07, 6.45) is 0. The van der Waals surface area contributed by atoms with E-state index in [-0.39, 0.29) is 0 Å². The van der Waals surface area contributed by atoms with Crippen molar-refractivity contribution in [2.45, 2.75) is 6.54 Å². The summed E-state index contributed by atoms with van der Waals surface area (Å²) in [4.78, 5) is 17.3. The maximum atomic E-state index is 10.8. The van der Waals surface area contributed by atoms with Crippen molar-refractivity contribution in [1.82, 2.24) is 9.88 Å². The van der Waals surface area contributed by atoms with E-state index in [2.05, 4.69) is 9.88 Å². The van der Waals surface area contributed by atoms with E-state index >= 15 is 0 Å². The summed E-state index contributed by atoms with van der Waals surface area (Å²) in [7, 11) is 0. The molecular weight excluding hydrogens is 214 g/mol. The van der Waals surface area contributed by atoms with E-state index < -0.39 is 5.91 Å². The molecule has 1 aliphatic rings. The van der Waals surface area contributed by atoms with Gasteiger partial charge in [0.1, 0.15) is 10.7 Å². The fourth-order valence-corrected chi connectivity index (χ4v) is 2.27. The Morgan fingerprint density at radius 2 is 2.33 bits per heavy atom. The number of hydrogen-bond donors (Lipinski definition) is 1. The number of hydrogen-bond acceptors (Lipinski definition) is 5. The van der Waals surface area contributed by atoms with E-state index in [1.165, 1.54) is 11.3 Å². The molecule has 0 unspecified atom stereocenters. The van der Waals surface area contributed by atoms with Crippen LogP contribution in [0.25, 0.3) is 0 Å². The Labute approximate surface area is 91.9 Å². The van der Waals surface area contributed by atoms with E-state index in [4.69, 9.17) is 10.5 Å². The monoisotopic (exact) mass is 227 g/mol. The second kappa shape index (κ2) is 4.69. The summed E-state index contributed by atoms with van der Waals surface area (Å²) in [5.74, 6) is -0.459. The van der Waals surface area contributed by atoms with Gasteiger partial charge in [-0.15, -0.1) is 11.3 Å². The molecule has 2 rings (SSSR count). The topological polar surface area (TPSA) is 68.5 Å². The number of rotatable bonds is 3. The van der Waals surface area contributed by atoms with Crippen LogP contribution in [0, 0.1) is 0 Å². The summed E-state index contributed by atoms with van der Waals surface area (Å²) in [5.41, 5.74) is 5.50. The predicted octanol–water partition coefficient (Wildman–Crippen LogP) is 0.0742. The molecule has 5 nitrogen and oxygen atoms in total. The molecule has 2 heterocycles. The lowest BCUT2D eigenvalue weighted by atomic mass is 10.4. The van der Waals surface area contributed by atoms with Gasteiger partial charge in [-0.25, -0.2) is 4.98 Å². The molecule has 0 aliphatic carbocycles. The molecule has 2 N–H and O–H groups in total. The third-order valence-corrected chi connectivity index (χ3v) is 3.10. The summed E-state index contributed by atoms with van der Waals surface area (Å²) >= 11 is 1.48. The SMILES string of the molecule is NC(=O)c1csc(CN2CCOCC2)n1. The summed E-state index contributed by atoms with van der Waals surface area (Å²) in [6, 6.07) is 0. The van der Waals surface area contributed by atoms with Gasteiger partial charge in [-0.3, -0.25) is 9.69 Å². The highest BCUT2D eigenvalue weighted by Crippen LogP contribution is 2.12. The molecule has 0 radical (unpaired) electrons. The number of morpholine rings is 1. The van der Waals surface area contributed by atoms with Crippen molar-refractivity contribution in [3.8, 4) is 0 Å². The van der Waals surface area contributed by atoms with E-state index in [1.807, 2.05) is 0 Å². The van der Waals surface area contributed by atoms with Crippen molar-refractivity contribution in [3.63, 3.8) is 0 Å². The minimum Gasteiger partial charge on any atom is -0.379 e. The van der Waals surface area contributed by atoms with Crippen LogP contribution in [0.2, 0.25) is 0 Å². The molecule has 15 heavy (non-hydrogen) atoms. The van der Waals surface area contributed by atoms with Crippen molar-refractivity contribution in [2.24, 2.45) is 5.73 Å². The normalized spacial score (nSPS) is 17.9. The van der Waals surface area contributed by atoms with Gasteiger partial charge in [-0.2, -0.15) is 0 Å². The van der Waals surface area contributed by atoms with Gasteiger partial charge in [0, 0.05) is 18.5 Å². The number of ether oxygens (including phenoxy) is 1. The van der Waals surface area contributed by atoms with Crippen LogP contribution in [-0.4, -0.2) is 42.1 Å². The van der Waals surface area contributed by atoms with Gasteiger partial charge in [-0.05, 0) is 0 Å². The Morgan fingerprint density at radius 1 is 1.60 bits per heavy atom. The molecule has 1 amide bonds.